The largest absolute Gasteiger partial charge is 0.510 e. The Balaban J connectivity index is 1.64. The number of nitrogens with one attached hydrogen (secondary N) is 1. The molecule has 0 aromatic heterocycles. The average Bonchev–Trinajstić information content (AvgIpc) is 3.37. The number of amides is 1. The number of aliphatic hydroxyl groups is 4. The van der Waals surface area contributed by atoms with Gasteiger partial charge >= 0.3 is 0 Å². The van der Waals surface area contributed by atoms with Gasteiger partial charge in [0.25, 0.3) is 5.91 Å². The number of ketones is 2. The number of carbonyl (C=O) groups is 3. The highest BCUT2D eigenvalue weighted by atomic mass is 16.3. The fourth-order valence-electron chi connectivity index (χ4n) is 6.70. The summed E-state index contributed by atoms with van der Waals surface area (Å²) < 4.78 is 0. The van der Waals surface area contributed by atoms with Gasteiger partial charge in [-0.25, -0.2) is 0 Å². The summed E-state index contributed by atoms with van der Waals surface area (Å²) in [5.74, 6) is -7.17. The summed E-state index contributed by atoms with van der Waals surface area (Å²) in [4.78, 5) is 44.0. The number of hydrogen-bond acceptors (Lipinski definition) is 10. The molecular formula is C27H33N3O8. The molecule has 1 saturated heterocycles. The van der Waals surface area contributed by atoms with Gasteiger partial charge in [0.1, 0.15) is 22.8 Å². The van der Waals surface area contributed by atoms with Gasteiger partial charge in [0, 0.05) is 17.4 Å². The van der Waals surface area contributed by atoms with Crippen LogP contribution in [0.5, 0.6) is 5.75 Å². The Morgan fingerprint density at radius 3 is 2.42 bits per heavy atom. The number of aliphatic hydroxyl groups excluding tert-OH is 2. The molecule has 0 bridgehead atoms. The van der Waals surface area contributed by atoms with Crippen molar-refractivity contribution in [2.45, 2.75) is 43.4 Å². The van der Waals surface area contributed by atoms with E-state index in [0.717, 1.165) is 25.9 Å². The van der Waals surface area contributed by atoms with Crippen LogP contribution < -0.4 is 5.32 Å². The van der Waals surface area contributed by atoms with Gasteiger partial charge in [0.05, 0.1) is 23.9 Å². The Morgan fingerprint density at radius 2 is 1.79 bits per heavy atom. The number of carbonyl (C=O) groups excluding carboxylic acids is 3. The third-order valence-electron chi connectivity index (χ3n) is 8.66. The minimum atomic E-state index is -2.72. The van der Waals surface area contributed by atoms with E-state index in [4.69, 9.17) is 0 Å². The predicted molar refractivity (Wildman–Crippen MR) is 134 cm³/mol. The van der Waals surface area contributed by atoms with Gasteiger partial charge in [-0.2, -0.15) is 0 Å². The number of aromatic hydroxyl groups is 1. The van der Waals surface area contributed by atoms with E-state index in [1.54, 1.807) is 14.1 Å². The zero-order chi connectivity index (χ0) is 27.7. The van der Waals surface area contributed by atoms with E-state index >= 15 is 0 Å². The van der Waals surface area contributed by atoms with Crippen LogP contribution in [0, 0.1) is 11.8 Å². The van der Waals surface area contributed by atoms with E-state index in [2.05, 4.69) is 5.32 Å². The normalized spacial score (nSPS) is 33.4. The first-order chi connectivity index (χ1) is 17.8. The van der Waals surface area contributed by atoms with Gasteiger partial charge in [-0.3, -0.25) is 24.2 Å². The molecule has 11 nitrogen and oxygen atoms in total. The lowest BCUT2D eigenvalue weighted by Crippen LogP contribution is -2.65. The Kier molecular flexibility index (Phi) is 6.18. The van der Waals surface area contributed by atoms with Crippen LogP contribution in [-0.2, 0) is 15.2 Å². The lowest BCUT2D eigenvalue weighted by molar-refractivity contribution is -0.152. The van der Waals surface area contributed by atoms with Crippen LogP contribution in [-0.4, -0.2) is 98.3 Å². The van der Waals surface area contributed by atoms with Crippen molar-refractivity contribution in [3.8, 4) is 5.75 Å². The maximum absolute atomic E-state index is 13.8. The quantitative estimate of drug-likeness (QED) is 0.303. The number of Topliss-reactive ketones (excluding diaryl/α,β-unsaturated/α-hetero) is 2. The molecule has 0 spiro atoms. The summed E-state index contributed by atoms with van der Waals surface area (Å²) in [5.41, 5.74) is -5.65. The number of fused-ring (bicyclic) bond motifs is 3. The highest BCUT2D eigenvalue weighted by Crippen LogP contribution is 2.56. The van der Waals surface area contributed by atoms with E-state index in [0.29, 0.717) is 0 Å². The number of likely N-dealkylation sites (N-methyl/N-ethyl adjacent to an activating group) is 1. The first kappa shape index (κ1) is 26.4. The molecule has 4 aliphatic rings. The summed E-state index contributed by atoms with van der Waals surface area (Å²) in [6, 6.07) is 3.16. The molecule has 1 aliphatic heterocycles. The Morgan fingerprint density at radius 1 is 1.13 bits per heavy atom. The molecule has 1 unspecified atom stereocenters. The summed E-state index contributed by atoms with van der Waals surface area (Å²) in [7, 11) is 3.18. The predicted octanol–water partition coefficient (Wildman–Crippen LogP) is 0.470. The Bertz CT molecular complexity index is 1290. The molecule has 1 amide bonds. The van der Waals surface area contributed by atoms with Crippen LogP contribution in [0.15, 0.2) is 40.9 Å². The fourth-order valence-corrected chi connectivity index (χ4v) is 6.70. The van der Waals surface area contributed by atoms with E-state index < -0.39 is 75.0 Å². The van der Waals surface area contributed by atoms with Crippen LogP contribution in [0.4, 0.5) is 0 Å². The van der Waals surface area contributed by atoms with E-state index in [-0.39, 0.29) is 24.2 Å². The van der Waals surface area contributed by atoms with Gasteiger partial charge in [-0.05, 0) is 65.0 Å². The van der Waals surface area contributed by atoms with Crippen molar-refractivity contribution in [3.05, 3.63) is 52.0 Å². The number of hydrogen-bond donors (Lipinski definition) is 6. The van der Waals surface area contributed by atoms with Gasteiger partial charge in [-0.1, -0.05) is 12.1 Å². The zero-order valence-electron chi connectivity index (χ0n) is 21.6. The van der Waals surface area contributed by atoms with Crippen molar-refractivity contribution in [1.29, 1.82) is 0 Å². The molecule has 204 valence electrons. The van der Waals surface area contributed by atoms with Crippen LogP contribution >= 0.6 is 0 Å². The summed E-state index contributed by atoms with van der Waals surface area (Å²) >= 11 is 0. The molecule has 3 aliphatic carbocycles. The van der Waals surface area contributed by atoms with Crippen LogP contribution in [0.25, 0.3) is 0 Å². The first-order valence-corrected chi connectivity index (χ1v) is 12.7. The van der Waals surface area contributed by atoms with Crippen molar-refractivity contribution < 1.29 is 39.9 Å². The van der Waals surface area contributed by atoms with E-state index in [9.17, 15) is 39.9 Å². The van der Waals surface area contributed by atoms with Crippen LogP contribution in [0.2, 0.25) is 0 Å². The third kappa shape index (κ3) is 3.53. The number of rotatable bonds is 4. The second-order valence-corrected chi connectivity index (χ2v) is 11.1. The molecule has 5 atom stereocenters. The number of phenols is 1. The third-order valence-corrected chi connectivity index (χ3v) is 8.66. The average molecular weight is 528 g/mol. The molecule has 1 heterocycles. The second kappa shape index (κ2) is 8.91. The minimum absolute atomic E-state index is 0.143. The van der Waals surface area contributed by atoms with Gasteiger partial charge in [0.15, 0.2) is 11.4 Å². The second-order valence-electron chi connectivity index (χ2n) is 11.1. The lowest BCUT2D eigenvalue weighted by atomic mass is 9.55. The van der Waals surface area contributed by atoms with E-state index in [1.165, 1.54) is 30.0 Å². The maximum atomic E-state index is 13.8. The summed E-state index contributed by atoms with van der Waals surface area (Å²) in [6.07, 6.45) is 1.78. The zero-order valence-corrected chi connectivity index (χ0v) is 21.6. The van der Waals surface area contributed by atoms with Crippen molar-refractivity contribution >= 4 is 17.5 Å². The molecule has 0 saturated carbocycles. The van der Waals surface area contributed by atoms with Gasteiger partial charge in [0.2, 0.25) is 5.78 Å². The van der Waals surface area contributed by atoms with Crippen molar-refractivity contribution in [3.63, 3.8) is 0 Å². The molecule has 1 aromatic carbocycles. The molecular weight excluding hydrogens is 494 g/mol. The highest BCUT2D eigenvalue weighted by molar-refractivity contribution is 6.25. The minimum Gasteiger partial charge on any atom is -0.510 e. The molecule has 0 radical (unpaired) electrons. The SMILES string of the molecule is CN(C)[C@@H]1C(O)=C(C(=O)NCN2CCCC2)C(=O)[C@@]2(O)C(O)=C3C(=O)c4c(O)cccc4[C@@](C)(O)C3C[C@@H]12. The van der Waals surface area contributed by atoms with Crippen molar-refractivity contribution in [2.24, 2.45) is 11.8 Å². The Labute approximate surface area is 219 Å². The van der Waals surface area contributed by atoms with Gasteiger partial charge < -0.3 is 30.8 Å². The first-order valence-electron chi connectivity index (χ1n) is 12.7. The standard InChI is InChI=1S/C27H33N3O8/c1-26(37)13-7-6-8-16(31)17(13)21(32)18-14(26)11-15-20(29(2)3)22(33)19(24(35)27(15,38)23(18)34)25(36)28-12-30-9-4-5-10-30/h6-8,14-15,20,31,33-34,37-38H,4-5,9-12H2,1-3H3,(H,28,36)/t14?,15-,20-,26+,27-/m0/s1. The topological polar surface area (TPSA) is 171 Å². The number of benzene rings is 1. The summed E-state index contributed by atoms with van der Waals surface area (Å²) in [6.45, 7) is 3.12. The molecule has 38 heavy (non-hydrogen) atoms. The monoisotopic (exact) mass is 527 g/mol. The van der Waals surface area contributed by atoms with E-state index in [1.807, 2.05) is 4.90 Å². The maximum Gasteiger partial charge on any atom is 0.259 e. The molecule has 11 heteroatoms. The molecule has 6 N–H and O–H groups in total. The molecule has 1 fully saturated rings. The van der Waals surface area contributed by atoms with Crippen molar-refractivity contribution in [1.82, 2.24) is 15.1 Å². The number of nitrogens with zero attached hydrogens (tertiary/aromatic N) is 2. The number of likely N-dealkylation sites (tertiary alicyclic amines) is 1. The summed E-state index contributed by atoms with van der Waals surface area (Å²) in [5, 5.41) is 59.2. The number of phenolic OH excluding ortho intramolecular Hbond substituents is 1. The highest BCUT2D eigenvalue weighted by Gasteiger charge is 2.65. The van der Waals surface area contributed by atoms with Gasteiger partial charge in [-0.15, -0.1) is 0 Å². The van der Waals surface area contributed by atoms with Crippen LogP contribution in [0.1, 0.15) is 42.1 Å². The fraction of sp³-hybridized carbons (Fsp3) is 0.519. The van der Waals surface area contributed by atoms with Crippen LogP contribution in [0.3, 0.4) is 0 Å². The lowest BCUT2D eigenvalue weighted by Gasteiger charge is -2.52. The smallest absolute Gasteiger partial charge is 0.259 e. The van der Waals surface area contributed by atoms with Crippen molar-refractivity contribution in [2.75, 3.05) is 33.9 Å². The Hall–Kier alpha value is -3.25. The molecule has 1 aromatic rings. The molecule has 5 rings (SSSR count).